The average Bonchev–Trinajstić information content (AvgIpc) is 2.92. The van der Waals surface area contributed by atoms with Crippen molar-refractivity contribution in [3.8, 4) is 0 Å². The highest BCUT2D eigenvalue weighted by molar-refractivity contribution is 5.94. The van der Waals surface area contributed by atoms with Crippen LogP contribution in [0.5, 0.6) is 0 Å². The van der Waals surface area contributed by atoms with Crippen LogP contribution >= 0.6 is 0 Å². The Balaban J connectivity index is 1.97. The molecule has 5 nitrogen and oxygen atoms in total. The maximum Gasteiger partial charge on any atom is 0.411 e. The van der Waals surface area contributed by atoms with Crippen LogP contribution in [0.2, 0.25) is 0 Å². The molecule has 1 heterocycles. The van der Waals surface area contributed by atoms with Crippen molar-refractivity contribution < 1.29 is 14.3 Å². The predicted molar refractivity (Wildman–Crippen MR) is 85.5 cm³/mol. The van der Waals surface area contributed by atoms with Gasteiger partial charge in [0.15, 0.2) is 0 Å². The number of ether oxygens (including phenoxy) is 1. The third-order valence-electron chi connectivity index (χ3n) is 4.42. The minimum absolute atomic E-state index is 0.00916. The molecule has 0 aromatic carbocycles. The van der Waals surface area contributed by atoms with E-state index in [0.29, 0.717) is 19.0 Å². The highest BCUT2D eigenvalue weighted by Gasteiger charge is 2.69. The normalized spacial score (nSPS) is 27.4. The van der Waals surface area contributed by atoms with Crippen LogP contribution in [0.4, 0.5) is 4.79 Å². The second-order valence-electron chi connectivity index (χ2n) is 8.81. The lowest BCUT2D eigenvalue weighted by Gasteiger charge is -2.30. The lowest BCUT2D eigenvalue weighted by Crippen LogP contribution is -2.52. The van der Waals surface area contributed by atoms with Gasteiger partial charge in [0.2, 0.25) is 5.91 Å². The fourth-order valence-corrected chi connectivity index (χ4v) is 3.15. The van der Waals surface area contributed by atoms with E-state index in [0.717, 1.165) is 19.3 Å². The molecule has 0 spiro atoms. The molecule has 5 heteroatoms. The summed E-state index contributed by atoms with van der Waals surface area (Å²) in [5.74, 6) is 0.291. The molecule has 1 aliphatic carbocycles. The van der Waals surface area contributed by atoms with Gasteiger partial charge in [-0.2, -0.15) is 0 Å². The molecule has 1 aliphatic heterocycles. The molecule has 2 amide bonds. The Kier molecular flexibility index (Phi) is 4.22. The second kappa shape index (κ2) is 5.43. The third-order valence-corrected chi connectivity index (χ3v) is 4.42. The largest absolute Gasteiger partial charge is 0.444 e. The summed E-state index contributed by atoms with van der Waals surface area (Å²) in [7, 11) is 0. The Morgan fingerprint density at radius 3 is 2.36 bits per heavy atom. The second-order valence-corrected chi connectivity index (χ2v) is 8.81. The van der Waals surface area contributed by atoms with Crippen molar-refractivity contribution in [3.05, 3.63) is 0 Å². The number of piperidine rings is 1. The quantitative estimate of drug-likeness (QED) is 0.872. The van der Waals surface area contributed by atoms with Crippen LogP contribution in [0, 0.1) is 11.3 Å². The molecule has 0 radical (unpaired) electrons. The molecule has 0 aromatic heterocycles. The van der Waals surface area contributed by atoms with Crippen molar-refractivity contribution in [1.82, 2.24) is 10.2 Å². The summed E-state index contributed by atoms with van der Waals surface area (Å²) >= 11 is 0. The van der Waals surface area contributed by atoms with Gasteiger partial charge in [-0.3, -0.25) is 9.69 Å². The smallest absolute Gasteiger partial charge is 0.411 e. The van der Waals surface area contributed by atoms with Gasteiger partial charge in [-0.05, 0) is 51.4 Å². The number of carbonyl (C=O) groups is 2. The molecule has 1 saturated heterocycles. The number of amides is 2. The van der Waals surface area contributed by atoms with E-state index in [1.165, 1.54) is 0 Å². The summed E-state index contributed by atoms with van der Waals surface area (Å²) in [4.78, 5) is 26.6. The number of nitrogens with one attached hydrogen (secondary N) is 1. The molecule has 1 N–H and O–H groups in total. The summed E-state index contributed by atoms with van der Waals surface area (Å²) in [6.07, 6.45) is 2.23. The predicted octanol–water partition coefficient (Wildman–Crippen LogP) is 2.94. The van der Waals surface area contributed by atoms with Crippen molar-refractivity contribution in [2.45, 2.75) is 71.9 Å². The highest BCUT2D eigenvalue weighted by Crippen LogP contribution is 2.56. The van der Waals surface area contributed by atoms with Gasteiger partial charge >= 0.3 is 6.09 Å². The molecule has 2 unspecified atom stereocenters. The average molecular weight is 310 g/mol. The van der Waals surface area contributed by atoms with Crippen LogP contribution in [-0.2, 0) is 9.53 Å². The van der Waals surface area contributed by atoms with E-state index < -0.39 is 11.1 Å². The first-order valence-corrected chi connectivity index (χ1v) is 8.25. The SMILES string of the molecule is CC(C)(C)CCNC(=O)C12CC1CCN2C(=O)OC(C)(C)C. The van der Waals surface area contributed by atoms with Gasteiger partial charge in [-0.25, -0.2) is 4.79 Å². The Labute approximate surface area is 133 Å². The summed E-state index contributed by atoms with van der Waals surface area (Å²) < 4.78 is 5.46. The van der Waals surface area contributed by atoms with Gasteiger partial charge in [0, 0.05) is 13.1 Å². The summed E-state index contributed by atoms with van der Waals surface area (Å²) in [5.41, 5.74) is -0.984. The Bertz CT molecular complexity index is 462. The number of rotatable bonds is 3. The number of carbonyl (C=O) groups excluding carboxylic acids is 2. The first kappa shape index (κ1) is 17.1. The Morgan fingerprint density at radius 1 is 1.23 bits per heavy atom. The van der Waals surface area contributed by atoms with Crippen molar-refractivity contribution in [2.24, 2.45) is 11.3 Å². The van der Waals surface area contributed by atoms with E-state index in [2.05, 4.69) is 26.1 Å². The molecular weight excluding hydrogens is 280 g/mol. The zero-order valence-electron chi connectivity index (χ0n) is 14.8. The fourth-order valence-electron chi connectivity index (χ4n) is 3.15. The molecular formula is C17H30N2O3. The van der Waals surface area contributed by atoms with Crippen molar-refractivity contribution in [3.63, 3.8) is 0 Å². The van der Waals surface area contributed by atoms with Gasteiger partial charge in [-0.1, -0.05) is 20.8 Å². The van der Waals surface area contributed by atoms with Crippen molar-refractivity contribution >= 4 is 12.0 Å². The van der Waals surface area contributed by atoms with Crippen LogP contribution in [0.3, 0.4) is 0 Å². The molecule has 22 heavy (non-hydrogen) atoms. The van der Waals surface area contributed by atoms with E-state index in [1.54, 1.807) is 4.90 Å². The lowest BCUT2D eigenvalue weighted by molar-refractivity contribution is -0.127. The van der Waals surface area contributed by atoms with E-state index in [4.69, 9.17) is 4.74 Å². The van der Waals surface area contributed by atoms with Gasteiger partial charge in [-0.15, -0.1) is 0 Å². The molecule has 2 aliphatic rings. The first-order chi connectivity index (χ1) is 9.96. The van der Waals surface area contributed by atoms with Gasteiger partial charge in [0.05, 0.1) is 0 Å². The number of hydrogen-bond donors (Lipinski definition) is 1. The first-order valence-electron chi connectivity index (χ1n) is 8.25. The molecule has 0 aromatic rings. The van der Waals surface area contributed by atoms with Gasteiger partial charge in [0.1, 0.15) is 11.1 Å². The standard InChI is InChI=1S/C17H30N2O3/c1-15(2,3)8-9-18-13(20)17-11-12(17)7-10-19(17)14(21)22-16(4,5)6/h12H,7-11H2,1-6H3,(H,18,20). The zero-order valence-corrected chi connectivity index (χ0v) is 14.8. The third kappa shape index (κ3) is 3.55. The monoisotopic (exact) mass is 310 g/mol. The van der Waals surface area contributed by atoms with E-state index in [1.807, 2.05) is 20.8 Å². The molecule has 2 atom stereocenters. The number of hydrogen-bond acceptors (Lipinski definition) is 3. The molecule has 1 saturated carbocycles. The molecule has 126 valence electrons. The van der Waals surface area contributed by atoms with Crippen LogP contribution in [0.1, 0.15) is 60.8 Å². The summed E-state index contributed by atoms with van der Waals surface area (Å²) in [6.45, 7) is 13.3. The van der Waals surface area contributed by atoms with Gasteiger partial charge in [0.25, 0.3) is 0 Å². The maximum atomic E-state index is 12.6. The van der Waals surface area contributed by atoms with Gasteiger partial charge < -0.3 is 10.1 Å². The molecule has 0 bridgehead atoms. The number of nitrogens with zero attached hydrogens (tertiary/aromatic N) is 1. The highest BCUT2D eigenvalue weighted by atomic mass is 16.6. The van der Waals surface area contributed by atoms with Crippen molar-refractivity contribution in [1.29, 1.82) is 0 Å². The van der Waals surface area contributed by atoms with Crippen LogP contribution in [-0.4, -0.2) is 41.1 Å². The minimum Gasteiger partial charge on any atom is -0.444 e. The Morgan fingerprint density at radius 2 is 1.86 bits per heavy atom. The Hall–Kier alpha value is -1.26. The van der Waals surface area contributed by atoms with Crippen molar-refractivity contribution in [2.75, 3.05) is 13.1 Å². The van der Waals surface area contributed by atoms with Crippen LogP contribution in [0.25, 0.3) is 0 Å². The summed E-state index contributed by atoms with van der Waals surface area (Å²) in [5, 5.41) is 3.02. The molecule has 2 rings (SSSR count). The maximum absolute atomic E-state index is 12.6. The van der Waals surface area contributed by atoms with Crippen LogP contribution < -0.4 is 5.32 Å². The van der Waals surface area contributed by atoms with E-state index >= 15 is 0 Å². The topological polar surface area (TPSA) is 58.6 Å². The fraction of sp³-hybridized carbons (Fsp3) is 0.882. The minimum atomic E-state index is -0.639. The lowest BCUT2D eigenvalue weighted by atomic mass is 9.92. The van der Waals surface area contributed by atoms with E-state index in [-0.39, 0.29) is 17.4 Å². The van der Waals surface area contributed by atoms with Crippen LogP contribution in [0.15, 0.2) is 0 Å². The number of fused-ring (bicyclic) bond motifs is 1. The number of likely N-dealkylation sites (tertiary alicyclic amines) is 1. The zero-order chi connectivity index (χ0) is 16.8. The molecule has 2 fully saturated rings. The van der Waals surface area contributed by atoms with E-state index in [9.17, 15) is 9.59 Å². The summed E-state index contributed by atoms with van der Waals surface area (Å²) in [6, 6.07) is 0.